The third kappa shape index (κ3) is 1.48. The molecule has 72 valence electrons. The van der Waals surface area contributed by atoms with Crippen molar-refractivity contribution < 1.29 is 9.15 Å². The molecule has 1 heterocycles. The summed E-state index contributed by atoms with van der Waals surface area (Å²) in [7, 11) is 1.64. The summed E-state index contributed by atoms with van der Waals surface area (Å²) in [4.78, 5) is 4.09. The van der Waals surface area contributed by atoms with Gasteiger partial charge in [-0.25, -0.2) is 4.98 Å². The number of hydrogen-bond acceptors (Lipinski definition) is 3. The fraction of sp³-hybridized carbons (Fsp3) is 0.182. The Morgan fingerprint density at radius 1 is 1.36 bits per heavy atom. The third-order valence-electron chi connectivity index (χ3n) is 2.02. The van der Waals surface area contributed by atoms with E-state index in [0.717, 1.165) is 16.9 Å². The molecule has 2 rings (SSSR count). The van der Waals surface area contributed by atoms with Gasteiger partial charge in [-0.05, 0) is 19.1 Å². The first-order chi connectivity index (χ1) is 6.81. The second-order valence-corrected chi connectivity index (χ2v) is 3.04. The number of benzene rings is 1. The summed E-state index contributed by atoms with van der Waals surface area (Å²) in [6, 6.07) is 5.89. The van der Waals surface area contributed by atoms with Gasteiger partial charge in [0.1, 0.15) is 12.0 Å². The molecule has 0 saturated heterocycles. The maximum absolute atomic E-state index is 5.23. The normalized spacial score (nSPS) is 10.1. The van der Waals surface area contributed by atoms with Crippen molar-refractivity contribution >= 4 is 0 Å². The molecule has 2 aromatic rings. The van der Waals surface area contributed by atoms with E-state index < -0.39 is 0 Å². The zero-order chi connectivity index (χ0) is 9.97. The van der Waals surface area contributed by atoms with E-state index in [1.54, 1.807) is 19.6 Å². The summed E-state index contributed by atoms with van der Waals surface area (Å²) in [5.41, 5.74) is 2.04. The zero-order valence-electron chi connectivity index (χ0n) is 8.15. The van der Waals surface area contributed by atoms with Gasteiger partial charge in [0.2, 0.25) is 5.89 Å². The van der Waals surface area contributed by atoms with Crippen LogP contribution in [-0.4, -0.2) is 12.1 Å². The van der Waals surface area contributed by atoms with Gasteiger partial charge in [0.05, 0.1) is 18.9 Å². The molecule has 0 bridgehead atoms. The highest BCUT2D eigenvalue weighted by molar-refractivity contribution is 5.63. The second kappa shape index (κ2) is 3.54. The number of aromatic nitrogens is 1. The van der Waals surface area contributed by atoms with Gasteiger partial charge in [0, 0.05) is 0 Å². The van der Waals surface area contributed by atoms with Crippen molar-refractivity contribution in [2.45, 2.75) is 6.92 Å². The predicted octanol–water partition coefficient (Wildman–Crippen LogP) is 2.66. The van der Waals surface area contributed by atoms with Crippen molar-refractivity contribution in [2.24, 2.45) is 0 Å². The molecule has 0 radical (unpaired) electrons. The molecule has 0 aliphatic carbocycles. The van der Waals surface area contributed by atoms with E-state index in [2.05, 4.69) is 4.98 Å². The lowest BCUT2D eigenvalue weighted by atomic mass is 10.1. The first-order valence-corrected chi connectivity index (χ1v) is 4.36. The van der Waals surface area contributed by atoms with Crippen LogP contribution in [0.2, 0.25) is 0 Å². The predicted molar refractivity (Wildman–Crippen MR) is 53.2 cm³/mol. The summed E-state index contributed by atoms with van der Waals surface area (Å²) in [6.45, 7) is 2.02. The van der Waals surface area contributed by atoms with E-state index in [0.29, 0.717) is 5.89 Å². The molecule has 0 amide bonds. The molecule has 1 aromatic heterocycles. The summed E-state index contributed by atoms with van der Waals surface area (Å²) in [5.74, 6) is 1.36. The number of ether oxygens (including phenoxy) is 1. The van der Waals surface area contributed by atoms with E-state index in [9.17, 15) is 0 Å². The van der Waals surface area contributed by atoms with Crippen molar-refractivity contribution in [3.05, 3.63) is 36.2 Å². The SMILES string of the molecule is COc1ccc(C)cc1-c1ncco1. The Labute approximate surface area is 82.3 Å². The number of methoxy groups -OCH3 is 1. The molecule has 14 heavy (non-hydrogen) atoms. The molecule has 0 fully saturated rings. The monoisotopic (exact) mass is 189 g/mol. The van der Waals surface area contributed by atoms with Gasteiger partial charge in [-0.1, -0.05) is 11.6 Å². The number of rotatable bonds is 2. The Balaban J connectivity index is 2.55. The molecule has 0 N–H and O–H groups in total. The molecule has 3 heteroatoms. The molecule has 0 spiro atoms. The molecule has 0 saturated carbocycles. The maximum Gasteiger partial charge on any atom is 0.229 e. The molecule has 0 aliphatic heterocycles. The number of nitrogens with zero attached hydrogens (tertiary/aromatic N) is 1. The first kappa shape index (κ1) is 8.81. The van der Waals surface area contributed by atoms with Gasteiger partial charge < -0.3 is 9.15 Å². The van der Waals surface area contributed by atoms with Crippen LogP contribution in [0.5, 0.6) is 5.75 Å². The standard InChI is InChI=1S/C11H11NO2/c1-8-3-4-10(13-2)9(7-8)11-12-5-6-14-11/h3-7H,1-2H3. The molecule has 3 nitrogen and oxygen atoms in total. The van der Waals surface area contributed by atoms with E-state index in [4.69, 9.17) is 9.15 Å². The van der Waals surface area contributed by atoms with Gasteiger partial charge in [-0.3, -0.25) is 0 Å². The van der Waals surface area contributed by atoms with Gasteiger partial charge >= 0.3 is 0 Å². The van der Waals surface area contributed by atoms with E-state index in [-0.39, 0.29) is 0 Å². The van der Waals surface area contributed by atoms with Crippen LogP contribution in [-0.2, 0) is 0 Å². The Bertz CT molecular complexity index is 421. The van der Waals surface area contributed by atoms with Crippen molar-refractivity contribution in [3.63, 3.8) is 0 Å². The van der Waals surface area contributed by atoms with Crippen molar-refractivity contribution in [3.8, 4) is 17.2 Å². The quantitative estimate of drug-likeness (QED) is 0.728. The summed E-state index contributed by atoms with van der Waals surface area (Å²) in [6.07, 6.45) is 3.17. The smallest absolute Gasteiger partial charge is 0.229 e. The highest BCUT2D eigenvalue weighted by atomic mass is 16.5. The molecular formula is C11H11NO2. The van der Waals surface area contributed by atoms with E-state index in [1.165, 1.54) is 0 Å². The van der Waals surface area contributed by atoms with Crippen molar-refractivity contribution in [1.82, 2.24) is 4.98 Å². The topological polar surface area (TPSA) is 35.3 Å². The molecule has 0 unspecified atom stereocenters. The van der Waals surface area contributed by atoms with Crippen LogP contribution in [0, 0.1) is 6.92 Å². The van der Waals surface area contributed by atoms with Crippen molar-refractivity contribution in [2.75, 3.05) is 7.11 Å². The molecule has 1 aromatic carbocycles. The first-order valence-electron chi connectivity index (χ1n) is 4.36. The summed E-state index contributed by atoms with van der Waals surface area (Å²) < 4.78 is 10.5. The van der Waals surface area contributed by atoms with Crippen LogP contribution in [0.4, 0.5) is 0 Å². The highest BCUT2D eigenvalue weighted by Crippen LogP contribution is 2.29. The lowest BCUT2D eigenvalue weighted by molar-refractivity contribution is 0.414. The van der Waals surface area contributed by atoms with Crippen LogP contribution in [0.25, 0.3) is 11.5 Å². The Hall–Kier alpha value is -1.77. The summed E-state index contributed by atoms with van der Waals surface area (Å²) in [5, 5.41) is 0. The maximum atomic E-state index is 5.23. The van der Waals surface area contributed by atoms with Gasteiger partial charge in [-0.2, -0.15) is 0 Å². The number of hydrogen-bond donors (Lipinski definition) is 0. The minimum absolute atomic E-state index is 0.588. The Morgan fingerprint density at radius 2 is 2.21 bits per heavy atom. The van der Waals surface area contributed by atoms with Crippen LogP contribution in [0.1, 0.15) is 5.56 Å². The number of oxazole rings is 1. The fourth-order valence-corrected chi connectivity index (χ4v) is 1.35. The lowest BCUT2D eigenvalue weighted by Gasteiger charge is -2.05. The minimum Gasteiger partial charge on any atom is -0.496 e. The number of aryl methyl sites for hydroxylation is 1. The largest absolute Gasteiger partial charge is 0.496 e. The van der Waals surface area contributed by atoms with Gasteiger partial charge in [-0.15, -0.1) is 0 Å². The van der Waals surface area contributed by atoms with Crippen LogP contribution in [0.3, 0.4) is 0 Å². The van der Waals surface area contributed by atoms with Gasteiger partial charge in [0.25, 0.3) is 0 Å². The lowest BCUT2D eigenvalue weighted by Crippen LogP contribution is -1.88. The Morgan fingerprint density at radius 3 is 2.86 bits per heavy atom. The minimum atomic E-state index is 0.588. The van der Waals surface area contributed by atoms with Crippen LogP contribution >= 0.6 is 0 Å². The average Bonchev–Trinajstić information content (AvgIpc) is 2.70. The Kier molecular flexibility index (Phi) is 2.23. The van der Waals surface area contributed by atoms with Crippen molar-refractivity contribution in [1.29, 1.82) is 0 Å². The fourth-order valence-electron chi connectivity index (χ4n) is 1.35. The third-order valence-corrected chi connectivity index (χ3v) is 2.02. The molecule has 0 aliphatic rings. The highest BCUT2D eigenvalue weighted by Gasteiger charge is 2.09. The van der Waals surface area contributed by atoms with Crippen LogP contribution in [0.15, 0.2) is 35.1 Å². The molecule has 0 atom stereocenters. The summed E-state index contributed by atoms with van der Waals surface area (Å²) >= 11 is 0. The van der Waals surface area contributed by atoms with Gasteiger partial charge in [0.15, 0.2) is 0 Å². The van der Waals surface area contributed by atoms with E-state index >= 15 is 0 Å². The second-order valence-electron chi connectivity index (χ2n) is 3.04. The molecular weight excluding hydrogens is 178 g/mol. The average molecular weight is 189 g/mol. The van der Waals surface area contributed by atoms with E-state index in [1.807, 2.05) is 25.1 Å². The van der Waals surface area contributed by atoms with Crippen LogP contribution < -0.4 is 4.74 Å². The zero-order valence-corrected chi connectivity index (χ0v) is 8.15.